The molecule has 0 aliphatic carbocycles. The minimum atomic E-state index is -3.22. The van der Waals surface area contributed by atoms with E-state index in [0.29, 0.717) is 5.56 Å². The van der Waals surface area contributed by atoms with Crippen LogP contribution in [0.5, 0.6) is 0 Å². The smallest absolute Gasteiger partial charge is 0.175 e. The molecule has 118 valence electrons. The fraction of sp³-hybridized carbons (Fsp3) is 0.375. The van der Waals surface area contributed by atoms with Crippen LogP contribution in [0.4, 0.5) is 0 Å². The zero-order valence-corrected chi connectivity index (χ0v) is 14.2. The van der Waals surface area contributed by atoms with Crippen molar-refractivity contribution in [2.75, 3.05) is 6.26 Å². The summed E-state index contributed by atoms with van der Waals surface area (Å²) in [7, 11) is -3.22. The number of benzene rings is 1. The molecule has 0 atom stereocenters. The summed E-state index contributed by atoms with van der Waals surface area (Å²) in [4.78, 5) is 12.6. The summed E-state index contributed by atoms with van der Waals surface area (Å²) in [5, 5.41) is 4.26. The molecule has 0 fully saturated rings. The van der Waals surface area contributed by atoms with E-state index in [1.807, 2.05) is 27.7 Å². The van der Waals surface area contributed by atoms with Crippen molar-refractivity contribution in [3.05, 3.63) is 41.7 Å². The lowest BCUT2D eigenvalue weighted by Gasteiger charge is -2.16. The van der Waals surface area contributed by atoms with Crippen molar-refractivity contribution in [3.8, 4) is 5.69 Å². The topological polar surface area (TPSA) is 69.0 Å². The third-order valence-corrected chi connectivity index (χ3v) is 4.57. The zero-order valence-electron chi connectivity index (χ0n) is 13.4. The highest BCUT2D eigenvalue weighted by Gasteiger charge is 2.26. The predicted octanol–water partition coefficient (Wildman–Crippen LogP) is 2.81. The van der Waals surface area contributed by atoms with E-state index in [1.165, 1.54) is 18.4 Å². The van der Waals surface area contributed by atoms with Gasteiger partial charge in [0.05, 0.1) is 28.0 Å². The molecule has 0 amide bonds. The van der Waals surface area contributed by atoms with Gasteiger partial charge in [0, 0.05) is 11.7 Å². The van der Waals surface area contributed by atoms with Crippen molar-refractivity contribution >= 4 is 15.6 Å². The summed E-state index contributed by atoms with van der Waals surface area (Å²) in [5.74, 6) is 0.0315. The van der Waals surface area contributed by atoms with Gasteiger partial charge in [0.25, 0.3) is 0 Å². The number of carbonyl (C=O) groups is 1. The minimum Gasteiger partial charge on any atom is -0.293 e. The van der Waals surface area contributed by atoms with Gasteiger partial charge < -0.3 is 0 Å². The maximum atomic E-state index is 12.4. The molecule has 6 heteroatoms. The Hall–Kier alpha value is -1.95. The summed E-state index contributed by atoms with van der Waals surface area (Å²) in [6.07, 6.45) is 2.73. The van der Waals surface area contributed by atoms with Crippen LogP contribution in [0.25, 0.3) is 5.69 Å². The van der Waals surface area contributed by atoms with Crippen LogP contribution in [0.1, 0.15) is 36.8 Å². The molecule has 2 aromatic rings. The van der Waals surface area contributed by atoms with Crippen molar-refractivity contribution < 1.29 is 13.2 Å². The van der Waals surface area contributed by atoms with Crippen LogP contribution in [-0.4, -0.2) is 30.2 Å². The normalized spacial score (nSPS) is 12.4. The number of Topliss-reactive ketones (excluding diaryl/α,β-unsaturated/α-hetero) is 1. The van der Waals surface area contributed by atoms with Gasteiger partial charge in [-0.05, 0) is 31.2 Å². The highest BCUT2D eigenvalue weighted by Crippen LogP contribution is 2.24. The number of sulfone groups is 1. The molecule has 0 unspecified atom stereocenters. The number of hydrogen-bond donors (Lipinski definition) is 0. The average Bonchev–Trinajstić information content (AvgIpc) is 2.77. The van der Waals surface area contributed by atoms with Crippen molar-refractivity contribution in [1.82, 2.24) is 9.78 Å². The van der Waals surface area contributed by atoms with Crippen molar-refractivity contribution in [2.24, 2.45) is 5.41 Å². The Balaban J connectivity index is 2.44. The Morgan fingerprint density at radius 1 is 1.14 bits per heavy atom. The molecule has 1 aromatic heterocycles. The molecule has 0 bridgehead atoms. The van der Waals surface area contributed by atoms with E-state index >= 15 is 0 Å². The van der Waals surface area contributed by atoms with Crippen LogP contribution in [0.15, 0.2) is 35.4 Å². The van der Waals surface area contributed by atoms with E-state index in [9.17, 15) is 13.2 Å². The predicted molar refractivity (Wildman–Crippen MR) is 85.2 cm³/mol. The van der Waals surface area contributed by atoms with Crippen LogP contribution in [0.3, 0.4) is 0 Å². The Kier molecular flexibility index (Phi) is 4.00. The zero-order chi connectivity index (χ0) is 16.7. The van der Waals surface area contributed by atoms with Crippen LogP contribution in [0, 0.1) is 12.3 Å². The summed E-state index contributed by atoms with van der Waals surface area (Å²) < 4.78 is 24.6. The Morgan fingerprint density at radius 3 is 2.14 bits per heavy atom. The highest BCUT2D eigenvalue weighted by atomic mass is 32.2. The largest absolute Gasteiger partial charge is 0.293 e. The maximum Gasteiger partial charge on any atom is 0.175 e. The molecule has 0 aliphatic rings. The first-order valence-corrected chi connectivity index (χ1v) is 8.81. The lowest BCUT2D eigenvalue weighted by Crippen LogP contribution is -2.20. The lowest BCUT2D eigenvalue weighted by molar-refractivity contribution is 0.0857. The Labute approximate surface area is 130 Å². The number of carbonyl (C=O) groups excluding carboxylic acids is 1. The van der Waals surface area contributed by atoms with Crippen LogP contribution < -0.4 is 0 Å². The van der Waals surface area contributed by atoms with Crippen LogP contribution >= 0.6 is 0 Å². The molecule has 5 nitrogen and oxygen atoms in total. The average molecular weight is 320 g/mol. The van der Waals surface area contributed by atoms with Crippen molar-refractivity contribution in [3.63, 3.8) is 0 Å². The molecule has 0 spiro atoms. The fourth-order valence-electron chi connectivity index (χ4n) is 2.13. The third kappa shape index (κ3) is 3.11. The first-order valence-electron chi connectivity index (χ1n) is 6.92. The SMILES string of the molecule is Cc1c(C(=O)C(C)(C)C)cnn1-c1ccc(S(C)(=O)=O)cc1. The second-order valence-electron chi connectivity index (χ2n) is 6.40. The monoisotopic (exact) mass is 320 g/mol. The molecule has 0 saturated carbocycles. The summed E-state index contributed by atoms with van der Waals surface area (Å²) >= 11 is 0. The Morgan fingerprint density at radius 2 is 1.68 bits per heavy atom. The number of rotatable bonds is 3. The molecule has 22 heavy (non-hydrogen) atoms. The van der Waals surface area contributed by atoms with Gasteiger partial charge in [0.2, 0.25) is 0 Å². The highest BCUT2D eigenvalue weighted by molar-refractivity contribution is 7.90. The quantitative estimate of drug-likeness (QED) is 0.816. The first kappa shape index (κ1) is 16.4. The molecule has 0 radical (unpaired) electrons. The van der Waals surface area contributed by atoms with Gasteiger partial charge in [-0.25, -0.2) is 13.1 Å². The molecule has 1 aromatic carbocycles. The van der Waals surface area contributed by atoms with E-state index in [1.54, 1.807) is 23.0 Å². The number of hydrogen-bond acceptors (Lipinski definition) is 4. The molecular weight excluding hydrogens is 300 g/mol. The summed E-state index contributed by atoms with van der Waals surface area (Å²) in [5.41, 5.74) is 1.57. The number of aromatic nitrogens is 2. The minimum absolute atomic E-state index is 0.0315. The van der Waals surface area contributed by atoms with Crippen molar-refractivity contribution in [1.29, 1.82) is 0 Å². The van der Waals surface area contributed by atoms with E-state index in [-0.39, 0.29) is 10.7 Å². The molecular formula is C16H20N2O3S. The van der Waals surface area contributed by atoms with Gasteiger partial charge in [-0.15, -0.1) is 0 Å². The molecule has 0 saturated heterocycles. The van der Waals surface area contributed by atoms with Gasteiger partial charge in [0.1, 0.15) is 0 Å². The second kappa shape index (κ2) is 5.35. The molecule has 1 heterocycles. The standard InChI is InChI=1S/C16H20N2O3S/c1-11-14(15(19)16(2,3)4)10-17-18(11)12-6-8-13(9-7-12)22(5,20)21/h6-10H,1-5H3. The number of ketones is 1. The maximum absolute atomic E-state index is 12.4. The second-order valence-corrected chi connectivity index (χ2v) is 8.42. The number of nitrogens with zero attached hydrogens (tertiary/aromatic N) is 2. The van der Waals surface area contributed by atoms with Crippen LogP contribution in [0.2, 0.25) is 0 Å². The summed E-state index contributed by atoms with van der Waals surface area (Å²) in [6, 6.07) is 6.44. The molecule has 0 aliphatic heterocycles. The van der Waals surface area contributed by atoms with Gasteiger partial charge in [0.15, 0.2) is 15.6 Å². The van der Waals surface area contributed by atoms with E-state index in [4.69, 9.17) is 0 Å². The Bertz CT molecular complexity index is 810. The lowest BCUT2D eigenvalue weighted by atomic mass is 9.87. The van der Waals surface area contributed by atoms with Gasteiger partial charge in [-0.2, -0.15) is 5.10 Å². The van der Waals surface area contributed by atoms with Gasteiger partial charge >= 0.3 is 0 Å². The third-order valence-electron chi connectivity index (χ3n) is 3.45. The van der Waals surface area contributed by atoms with Gasteiger partial charge in [-0.3, -0.25) is 4.79 Å². The molecule has 0 N–H and O–H groups in total. The summed E-state index contributed by atoms with van der Waals surface area (Å²) in [6.45, 7) is 7.43. The van der Waals surface area contributed by atoms with E-state index in [2.05, 4.69) is 5.10 Å². The fourth-order valence-corrected chi connectivity index (χ4v) is 2.76. The van der Waals surface area contributed by atoms with Crippen LogP contribution in [-0.2, 0) is 9.84 Å². The van der Waals surface area contributed by atoms with Crippen molar-refractivity contribution in [2.45, 2.75) is 32.6 Å². The van der Waals surface area contributed by atoms with E-state index in [0.717, 1.165) is 11.4 Å². The first-order chi connectivity index (χ1) is 10.0. The molecule has 2 rings (SSSR count). The van der Waals surface area contributed by atoms with Gasteiger partial charge in [-0.1, -0.05) is 20.8 Å². The van der Waals surface area contributed by atoms with E-state index < -0.39 is 15.3 Å².